The molecule has 2 amide bonds. The molecule has 7 heteroatoms. The summed E-state index contributed by atoms with van der Waals surface area (Å²) in [6.45, 7) is 3.08. The number of hydrogen-bond acceptors (Lipinski definition) is 5. The number of amides is 2. The molecule has 0 radical (unpaired) electrons. The molecule has 25 heavy (non-hydrogen) atoms. The third-order valence-corrected chi connectivity index (χ3v) is 4.74. The second-order valence-corrected chi connectivity index (χ2v) is 6.97. The number of nitrogens with one attached hydrogen (secondary N) is 1. The second-order valence-electron chi connectivity index (χ2n) is 6.07. The predicted molar refractivity (Wildman–Crippen MR) is 96.8 cm³/mol. The zero-order chi connectivity index (χ0) is 17.6. The molecular weight excluding hydrogens is 338 g/mol. The smallest absolute Gasteiger partial charge is 0.254 e. The van der Waals surface area contributed by atoms with Gasteiger partial charge in [0.2, 0.25) is 5.91 Å². The van der Waals surface area contributed by atoms with Gasteiger partial charge in [-0.25, -0.2) is 4.98 Å². The molecule has 0 bridgehead atoms. The van der Waals surface area contributed by atoms with Gasteiger partial charge in [0, 0.05) is 30.3 Å². The van der Waals surface area contributed by atoms with E-state index in [9.17, 15) is 9.59 Å². The van der Waals surface area contributed by atoms with Crippen molar-refractivity contribution in [3.63, 3.8) is 0 Å². The van der Waals surface area contributed by atoms with Crippen molar-refractivity contribution in [3.05, 3.63) is 47.0 Å². The van der Waals surface area contributed by atoms with Crippen LogP contribution in [0, 0.1) is 6.92 Å². The molecule has 1 aromatic heterocycles. The van der Waals surface area contributed by atoms with E-state index in [2.05, 4.69) is 10.3 Å². The molecule has 1 aliphatic rings. The maximum Gasteiger partial charge on any atom is 0.254 e. The van der Waals surface area contributed by atoms with Gasteiger partial charge in [-0.1, -0.05) is 17.7 Å². The fraction of sp³-hybridized carbons (Fsp3) is 0.389. The van der Waals surface area contributed by atoms with Gasteiger partial charge in [0.15, 0.2) is 5.13 Å². The van der Waals surface area contributed by atoms with Gasteiger partial charge in [0.1, 0.15) is 6.54 Å². The molecule has 1 unspecified atom stereocenters. The van der Waals surface area contributed by atoms with Crippen LogP contribution in [0.25, 0.3) is 0 Å². The van der Waals surface area contributed by atoms with Crippen molar-refractivity contribution in [2.24, 2.45) is 0 Å². The minimum absolute atomic E-state index is 0.0120. The lowest BCUT2D eigenvalue weighted by Crippen LogP contribution is -2.42. The number of nitrogens with zero attached hydrogens (tertiary/aromatic N) is 2. The molecule has 0 spiro atoms. The minimum atomic E-state index is -0.256. The van der Waals surface area contributed by atoms with Crippen molar-refractivity contribution < 1.29 is 14.3 Å². The first-order chi connectivity index (χ1) is 12.1. The molecule has 0 saturated carbocycles. The van der Waals surface area contributed by atoms with E-state index in [0.29, 0.717) is 23.8 Å². The van der Waals surface area contributed by atoms with Crippen LogP contribution >= 0.6 is 11.3 Å². The summed E-state index contributed by atoms with van der Waals surface area (Å²) in [6, 6.07) is 7.37. The molecule has 1 N–H and O–H groups in total. The van der Waals surface area contributed by atoms with Crippen molar-refractivity contribution in [1.29, 1.82) is 0 Å². The van der Waals surface area contributed by atoms with Gasteiger partial charge < -0.3 is 15.0 Å². The number of aromatic nitrogens is 1. The number of carbonyl (C=O) groups excluding carboxylic acids is 2. The lowest BCUT2D eigenvalue weighted by Gasteiger charge is -2.25. The van der Waals surface area contributed by atoms with Crippen LogP contribution in [0.4, 0.5) is 5.13 Å². The van der Waals surface area contributed by atoms with Crippen LogP contribution < -0.4 is 5.32 Å². The van der Waals surface area contributed by atoms with Crippen LogP contribution in [0.2, 0.25) is 0 Å². The molecular formula is C18H21N3O3S. The maximum atomic E-state index is 12.9. The Morgan fingerprint density at radius 3 is 2.80 bits per heavy atom. The standard InChI is InChI=1S/C18H21N3O3S/c1-13-4-6-14(7-5-13)17(23)21(11-15-3-2-9-24-15)12-16(22)20-18-19-8-10-25-18/h4-8,10,15H,2-3,9,11-12H2,1H3,(H,19,20,22). The molecule has 132 valence electrons. The van der Waals surface area contributed by atoms with Gasteiger partial charge in [0.05, 0.1) is 6.10 Å². The van der Waals surface area contributed by atoms with Crippen LogP contribution in [0.5, 0.6) is 0 Å². The number of hydrogen-bond donors (Lipinski definition) is 1. The molecule has 1 saturated heterocycles. The van der Waals surface area contributed by atoms with Crippen molar-refractivity contribution >= 4 is 28.3 Å². The first kappa shape index (κ1) is 17.6. The minimum Gasteiger partial charge on any atom is -0.376 e. The van der Waals surface area contributed by atoms with Crippen LogP contribution in [-0.2, 0) is 9.53 Å². The van der Waals surface area contributed by atoms with Gasteiger partial charge in [-0.15, -0.1) is 11.3 Å². The highest BCUT2D eigenvalue weighted by molar-refractivity contribution is 7.13. The Kier molecular flexibility index (Phi) is 5.78. The summed E-state index contributed by atoms with van der Waals surface area (Å²) >= 11 is 1.35. The Bertz CT molecular complexity index is 710. The Morgan fingerprint density at radius 1 is 1.36 bits per heavy atom. The highest BCUT2D eigenvalue weighted by atomic mass is 32.1. The SMILES string of the molecule is Cc1ccc(C(=O)N(CC(=O)Nc2nccs2)CC2CCCO2)cc1. The molecule has 0 aliphatic carbocycles. The molecule has 1 fully saturated rings. The van der Waals surface area contributed by atoms with E-state index in [4.69, 9.17) is 4.74 Å². The fourth-order valence-electron chi connectivity index (χ4n) is 2.75. The molecule has 1 aromatic carbocycles. The van der Waals surface area contributed by atoms with E-state index in [-0.39, 0.29) is 24.5 Å². The highest BCUT2D eigenvalue weighted by Crippen LogP contribution is 2.16. The van der Waals surface area contributed by atoms with E-state index < -0.39 is 0 Å². The van der Waals surface area contributed by atoms with Crippen molar-refractivity contribution in [3.8, 4) is 0 Å². The number of aryl methyl sites for hydroxylation is 1. The van der Waals surface area contributed by atoms with Crippen molar-refractivity contribution in [1.82, 2.24) is 9.88 Å². The Balaban J connectivity index is 1.70. The number of rotatable bonds is 6. The lowest BCUT2D eigenvalue weighted by molar-refractivity contribution is -0.117. The summed E-state index contributed by atoms with van der Waals surface area (Å²) in [5, 5.41) is 5.05. The zero-order valence-electron chi connectivity index (χ0n) is 14.1. The van der Waals surface area contributed by atoms with E-state index in [1.165, 1.54) is 11.3 Å². The largest absolute Gasteiger partial charge is 0.376 e. The van der Waals surface area contributed by atoms with E-state index in [0.717, 1.165) is 18.4 Å². The van der Waals surface area contributed by atoms with Crippen LogP contribution in [0.1, 0.15) is 28.8 Å². The summed E-state index contributed by atoms with van der Waals surface area (Å²) in [6.07, 6.45) is 3.51. The third kappa shape index (κ3) is 4.87. The molecule has 2 heterocycles. The summed E-state index contributed by atoms with van der Waals surface area (Å²) < 4.78 is 5.64. The Morgan fingerprint density at radius 2 is 2.16 bits per heavy atom. The van der Waals surface area contributed by atoms with Crippen LogP contribution in [0.3, 0.4) is 0 Å². The Hall–Kier alpha value is -2.25. The predicted octanol–water partition coefficient (Wildman–Crippen LogP) is 2.71. The maximum absolute atomic E-state index is 12.9. The zero-order valence-corrected chi connectivity index (χ0v) is 14.9. The van der Waals surface area contributed by atoms with Gasteiger partial charge in [0.25, 0.3) is 5.91 Å². The van der Waals surface area contributed by atoms with Gasteiger partial charge in [-0.3, -0.25) is 9.59 Å². The number of benzene rings is 1. The number of anilines is 1. The van der Waals surface area contributed by atoms with E-state index >= 15 is 0 Å². The molecule has 1 atom stereocenters. The second kappa shape index (κ2) is 8.22. The van der Waals surface area contributed by atoms with E-state index in [1.54, 1.807) is 28.6 Å². The highest BCUT2D eigenvalue weighted by Gasteiger charge is 2.25. The van der Waals surface area contributed by atoms with Crippen molar-refractivity contribution in [2.45, 2.75) is 25.9 Å². The first-order valence-corrected chi connectivity index (χ1v) is 9.16. The summed E-state index contributed by atoms with van der Waals surface area (Å²) in [5.74, 6) is -0.418. The number of ether oxygens (including phenoxy) is 1. The Labute approximate surface area is 150 Å². The molecule has 2 aromatic rings. The van der Waals surface area contributed by atoms with Crippen LogP contribution in [0.15, 0.2) is 35.8 Å². The lowest BCUT2D eigenvalue weighted by atomic mass is 10.1. The normalized spacial score (nSPS) is 16.6. The monoisotopic (exact) mass is 359 g/mol. The number of carbonyl (C=O) groups is 2. The van der Waals surface area contributed by atoms with Crippen LogP contribution in [-0.4, -0.2) is 47.5 Å². The molecule has 1 aliphatic heterocycles. The number of thiazole rings is 1. The summed E-state index contributed by atoms with van der Waals surface area (Å²) in [5.41, 5.74) is 1.66. The van der Waals surface area contributed by atoms with Crippen molar-refractivity contribution in [2.75, 3.05) is 25.0 Å². The first-order valence-electron chi connectivity index (χ1n) is 8.29. The average Bonchev–Trinajstić information content (AvgIpc) is 3.28. The van der Waals surface area contributed by atoms with Gasteiger partial charge in [-0.05, 0) is 31.9 Å². The summed E-state index contributed by atoms with van der Waals surface area (Å²) in [4.78, 5) is 30.8. The average molecular weight is 359 g/mol. The van der Waals surface area contributed by atoms with Gasteiger partial charge in [-0.2, -0.15) is 0 Å². The van der Waals surface area contributed by atoms with Gasteiger partial charge >= 0.3 is 0 Å². The molecule has 6 nitrogen and oxygen atoms in total. The third-order valence-electron chi connectivity index (χ3n) is 4.05. The quantitative estimate of drug-likeness (QED) is 0.861. The van der Waals surface area contributed by atoms with E-state index in [1.807, 2.05) is 19.1 Å². The fourth-order valence-corrected chi connectivity index (χ4v) is 3.29. The topological polar surface area (TPSA) is 71.5 Å². The molecule has 3 rings (SSSR count). The summed E-state index contributed by atoms with van der Waals surface area (Å²) in [7, 11) is 0.